The van der Waals surface area contributed by atoms with Crippen LogP contribution in [0.1, 0.15) is 5.69 Å². The number of hydrogen-bond acceptors (Lipinski definition) is 7. The van der Waals surface area contributed by atoms with Crippen LogP contribution in [-0.2, 0) is 0 Å². The van der Waals surface area contributed by atoms with Crippen LogP contribution in [0.3, 0.4) is 0 Å². The molecule has 0 amide bonds. The summed E-state index contributed by atoms with van der Waals surface area (Å²) in [5.41, 5.74) is 7.84. The van der Waals surface area contributed by atoms with Crippen molar-refractivity contribution in [2.24, 2.45) is 0 Å². The topological polar surface area (TPSA) is 123 Å². The highest BCUT2D eigenvalue weighted by Crippen LogP contribution is 2.23. The van der Waals surface area contributed by atoms with Crippen LogP contribution in [0, 0.1) is 17.1 Å². The maximum absolute atomic E-state index is 13.9. The fraction of sp³-hybridized carbons (Fsp3) is 0. The molecule has 0 aliphatic heterocycles. The second-order valence-electron chi connectivity index (χ2n) is 5.14. The van der Waals surface area contributed by atoms with Gasteiger partial charge < -0.3 is 11.1 Å². The van der Waals surface area contributed by atoms with Crippen molar-refractivity contribution in [1.29, 1.82) is 5.26 Å². The summed E-state index contributed by atoms with van der Waals surface area (Å²) >= 11 is 0. The number of benzene rings is 1. The van der Waals surface area contributed by atoms with E-state index in [0.717, 1.165) is 0 Å². The van der Waals surface area contributed by atoms with Crippen molar-refractivity contribution in [2.45, 2.75) is 0 Å². The van der Waals surface area contributed by atoms with Gasteiger partial charge in [-0.25, -0.2) is 19.0 Å². The minimum atomic E-state index is -0.454. The first-order valence-corrected chi connectivity index (χ1v) is 7.11. The van der Waals surface area contributed by atoms with Crippen molar-refractivity contribution in [3.8, 4) is 11.8 Å². The number of nitrogens with zero attached hydrogens (tertiary/aromatic N) is 7. The highest BCUT2D eigenvalue weighted by molar-refractivity contribution is 5.71. The van der Waals surface area contributed by atoms with Crippen molar-refractivity contribution in [2.75, 3.05) is 11.1 Å². The molecule has 0 atom stereocenters. The normalized spacial score (nSPS) is 10.7. The van der Waals surface area contributed by atoms with Crippen LogP contribution in [0.4, 0.5) is 21.6 Å². The molecule has 4 aromatic rings. The standard InChI is InChI=1S/C15H10FN9/c16-9-1-10(3-11(2-9)24-8-19-7-21-24)22-14-4-13(18)15-20-6-12(5-17)25(15)23-14/h1-4,6-8H,18H2,(H,22,23). The average Bonchev–Trinajstić information content (AvgIpc) is 3.24. The highest BCUT2D eigenvalue weighted by atomic mass is 19.1. The summed E-state index contributed by atoms with van der Waals surface area (Å²) in [5.74, 6) is -0.112. The van der Waals surface area contributed by atoms with E-state index in [1.807, 2.05) is 6.07 Å². The number of fused-ring (bicyclic) bond motifs is 1. The second-order valence-corrected chi connectivity index (χ2v) is 5.14. The van der Waals surface area contributed by atoms with Crippen LogP contribution in [0.25, 0.3) is 11.3 Å². The number of nitrogens with two attached hydrogens (primary N) is 1. The van der Waals surface area contributed by atoms with E-state index < -0.39 is 5.82 Å². The van der Waals surface area contributed by atoms with Gasteiger partial charge >= 0.3 is 0 Å². The monoisotopic (exact) mass is 335 g/mol. The molecule has 3 N–H and O–H groups in total. The Labute approximate surface area is 140 Å². The van der Waals surface area contributed by atoms with Crippen molar-refractivity contribution < 1.29 is 4.39 Å². The Morgan fingerprint density at radius 2 is 2.12 bits per heavy atom. The van der Waals surface area contributed by atoms with E-state index in [9.17, 15) is 4.39 Å². The Morgan fingerprint density at radius 3 is 2.88 bits per heavy atom. The quantitative estimate of drug-likeness (QED) is 0.583. The largest absolute Gasteiger partial charge is 0.396 e. The van der Waals surface area contributed by atoms with Gasteiger partial charge in [0.05, 0.1) is 17.6 Å². The van der Waals surface area contributed by atoms with Crippen molar-refractivity contribution >= 4 is 22.8 Å². The van der Waals surface area contributed by atoms with E-state index in [2.05, 4.69) is 25.5 Å². The van der Waals surface area contributed by atoms with Crippen LogP contribution in [0.15, 0.2) is 43.1 Å². The lowest BCUT2D eigenvalue weighted by Crippen LogP contribution is -2.04. The van der Waals surface area contributed by atoms with E-state index in [0.29, 0.717) is 28.5 Å². The van der Waals surface area contributed by atoms with Gasteiger partial charge in [0.15, 0.2) is 17.2 Å². The van der Waals surface area contributed by atoms with E-state index in [-0.39, 0.29) is 5.69 Å². The third-order valence-corrected chi connectivity index (χ3v) is 3.45. The number of imidazole rings is 1. The van der Waals surface area contributed by atoms with Gasteiger partial charge in [0.25, 0.3) is 0 Å². The lowest BCUT2D eigenvalue weighted by molar-refractivity contribution is 0.626. The molecule has 9 nitrogen and oxygen atoms in total. The number of aromatic nitrogens is 6. The Morgan fingerprint density at radius 1 is 1.24 bits per heavy atom. The first-order chi connectivity index (χ1) is 12.1. The van der Waals surface area contributed by atoms with E-state index in [1.165, 1.54) is 40.2 Å². The smallest absolute Gasteiger partial charge is 0.178 e. The Balaban J connectivity index is 1.75. The van der Waals surface area contributed by atoms with Crippen molar-refractivity contribution in [3.63, 3.8) is 0 Å². The first-order valence-electron chi connectivity index (χ1n) is 7.11. The molecule has 10 heteroatoms. The molecule has 4 rings (SSSR count). The molecular formula is C15H10FN9. The third-order valence-electron chi connectivity index (χ3n) is 3.45. The van der Waals surface area contributed by atoms with Gasteiger partial charge in [-0.1, -0.05) is 0 Å². The van der Waals surface area contributed by atoms with Crippen LogP contribution < -0.4 is 11.1 Å². The fourth-order valence-corrected chi connectivity index (χ4v) is 2.40. The number of anilines is 3. The summed E-state index contributed by atoms with van der Waals surface area (Å²) in [6.45, 7) is 0. The zero-order valence-electron chi connectivity index (χ0n) is 12.6. The van der Waals surface area contributed by atoms with Gasteiger partial charge in [-0.05, 0) is 18.2 Å². The summed E-state index contributed by atoms with van der Waals surface area (Å²) in [6, 6.07) is 7.85. The first kappa shape index (κ1) is 14.6. The highest BCUT2D eigenvalue weighted by Gasteiger charge is 2.10. The molecule has 0 spiro atoms. The SMILES string of the molecule is N#Cc1cnc2c(N)cc(Nc3cc(F)cc(-n4cncn4)c3)nn12. The Bertz CT molecular complexity index is 1110. The maximum atomic E-state index is 13.9. The van der Waals surface area contributed by atoms with Crippen LogP contribution in [-0.4, -0.2) is 29.4 Å². The molecule has 25 heavy (non-hydrogen) atoms. The third kappa shape index (κ3) is 2.59. The number of nitrogens with one attached hydrogen (secondary N) is 1. The summed E-state index contributed by atoms with van der Waals surface area (Å²) < 4.78 is 16.7. The second kappa shape index (κ2) is 5.57. The van der Waals surface area contributed by atoms with Gasteiger partial charge in [0, 0.05) is 11.8 Å². The summed E-state index contributed by atoms with van der Waals surface area (Å²) in [4.78, 5) is 7.89. The molecular weight excluding hydrogens is 325 g/mol. The molecule has 0 aliphatic carbocycles. The average molecular weight is 335 g/mol. The molecule has 0 fully saturated rings. The van der Waals surface area contributed by atoms with Crippen molar-refractivity contribution in [3.05, 3.63) is 54.6 Å². The van der Waals surface area contributed by atoms with E-state index in [1.54, 1.807) is 12.1 Å². The molecule has 0 radical (unpaired) electrons. The van der Waals surface area contributed by atoms with Gasteiger partial charge in [0.2, 0.25) is 0 Å². The summed E-state index contributed by atoms with van der Waals surface area (Å²) in [7, 11) is 0. The predicted octanol–water partition coefficient (Wildman–Crippen LogP) is 1.65. The zero-order chi connectivity index (χ0) is 17.4. The van der Waals surface area contributed by atoms with Crippen LogP contribution in [0.2, 0.25) is 0 Å². The zero-order valence-corrected chi connectivity index (χ0v) is 12.6. The molecule has 0 aliphatic rings. The maximum Gasteiger partial charge on any atom is 0.178 e. The van der Waals surface area contributed by atoms with Crippen LogP contribution >= 0.6 is 0 Å². The van der Waals surface area contributed by atoms with Gasteiger partial charge in [-0.15, -0.1) is 5.10 Å². The van der Waals surface area contributed by atoms with Crippen LogP contribution in [0.5, 0.6) is 0 Å². The minimum Gasteiger partial charge on any atom is -0.396 e. The van der Waals surface area contributed by atoms with Crippen molar-refractivity contribution in [1.82, 2.24) is 29.4 Å². The summed E-state index contributed by atoms with van der Waals surface area (Å²) in [5, 5.41) is 20.3. The van der Waals surface area contributed by atoms with Gasteiger partial charge in [0.1, 0.15) is 24.5 Å². The summed E-state index contributed by atoms with van der Waals surface area (Å²) in [6.07, 6.45) is 4.20. The molecule has 122 valence electrons. The minimum absolute atomic E-state index is 0.243. The molecule has 3 aromatic heterocycles. The molecule has 1 aromatic carbocycles. The molecule has 0 saturated heterocycles. The number of nitriles is 1. The molecule has 0 saturated carbocycles. The molecule has 0 unspecified atom stereocenters. The molecule has 0 bridgehead atoms. The number of nitrogen functional groups attached to an aromatic ring is 1. The van der Waals surface area contributed by atoms with Gasteiger partial charge in [-0.3, -0.25) is 0 Å². The predicted molar refractivity (Wildman–Crippen MR) is 86.7 cm³/mol. The number of hydrogen-bond donors (Lipinski definition) is 2. The van der Waals surface area contributed by atoms with E-state index in [4.69, 9.17) is 11.0 Å². The van der Waals surface area contributed by atoms with E-state index >= 15 is 0 Å². The number of halogens is 1. The fourth-order valence-electron chi connectivity index (χ4n) is 2.40. The Kier molecular flexibility index (Phi) is 3.25. The number of rotatable bonds is 3. The molecule has 3 heterocycles. The lowest BCUT2D eigenvalue weighted by atomic mass is 10.2. The Hall–Kier alpha value is -4.00. The van der Waals surface area contributed by atoms with Gasteiger partial charge in [-0.2, -0.15) is 14.9 Å². The lowest BCUT2D eigenvalue weighted by Gasteiger charge is -2.10.